The van der Waals surface area contributed by atoms with Gasteiger partial charge in [-0.3, -0.25) is 25.4 Å². The zero-order valence-electron chi connectivity index (χ0n) is 18.7. The van der Waals surface area contributed by atoms with E-state index in [9.17, 15) is 19.5 Å². The molecular weight excluding hydrogens is 488 g/mol. The highest BCUT2D eigenvalue weighted by molar-refractivity contribution is 6.33. The molecule has 0 atom stereocenters. The van der Waals surface area contributed by atoms with Gasteiger partial charge in [0.2, 0.25) is 0 Å². The minimum absolute atomic E-state index is 0.199. The van der Waals surface area contributed by atoms with Crippen LogP contribution in [0.2, 0.25) is 5.02 Å². The number of carboxylic acid groups (broad SMARTS) is 1. The summed E-state index contributed by atoms with van der Waals surface area (Å²) >= 11 is 6.42. The summed E-state index contributed by atoms with van der Waals surface area (Å²) in [6.45, 7) is 0. The van der Waals surface area contributed by atoms with Crippen molar-refractivity contribution < 1.29 is 24.2 Å². The maximum atomic E-state index is 13.4. The van der Waals surface area contributed by atoms with Gasteiger partial charge in [-0.15, -0.1) is 0 Å². The van der Waals surface area contributed by atoms with Crippen LogP contribution < -0.4 is 21.0 Å². The second-order valence-electron chi connectivity index (χ2n) is 7.26. The number of hydrogen-bond donors (Lipinski definition) is 4. The van der Waals surface area contributed by atoms with Crippen LogP contribution in [0.3, 0.4) is 0 Å². The van der Waals surface area contributed by atoms with E-state index in [2.05, 4.69) is 26.4 Å². The lowest BCUT2D eigenvalue weighted by Crippen LogP contribution is -2.43. The van der Waals surface area contributed by atoms with Crippen molar-refractivity contribution in [3.05, 3.63) is 89.3 Å². The first kappa shape index (κ1) is 24.2. The van der Waals surface area contributed by atoms with Gasteiger partial charge in [0.1, 0.15) is 11.4 Å². The number of nitrogens with zero attached hydrogens (tertiary/aromatic N) is 3. The van der Waals surface area contributed by atoms with Crippen molar-refractivity contribution in [2.75, 3.05) is 12.5 Å². The molecule has 3 amide bonds. The Hall–Kier alpha value is -4.90. The Labute approximate surface area is 209 Å². The van der Waals surface area contributed by atoms with E-state index in [0.29, 0.717) is 21.9 Å². The molecular formula is C24H19ClN6O5. The van der Waals surface area contributed by atoms with E-state index in [0.717, 1.165) is 4.79 Å². The molecule has 11 nitrogen and oxygen atoms in total. The van der Waals surface area contributed by atoms with Crippen LogP contribution in [0, 0.1) is 0 Å². The van der Waals surface area contributed by atoms with E-state index in [1.807, 2.05) is 0 Å². The van der Waals surface area contributed by atoms with E-state index in [-0.39, 0.29) is 22.5 Å². The van der Waals surface area contributed by atoms with Gasteiger partial charge in [-0.1, -0.05) is 41.9 Å². The van der Waals surface area contributed by atoms with Crippen molar-refractivity contribution in [1.82, 2.24) is 25.7 Å². The summed E-state index contributed by atoms with van der Waals surface area (Å²) in [5, 5.41) is 14.1. The predicted octanol–water partition coefficient (Wildman–Crippen LogP) is 3.57. The van der Waals surface area contributed by atoms with Crippen LogP contribution in [0.5, 0.6) is 5.75 Å². The summed E-state index contributed by atoms with van der Waals surface area (Å²) in [4.78, 5) is 42.0. The van der Waals surface area contributed by atoms with Gasteiger partial charge in [0, 0.05) is 29.1 Å². The highest BCUT2D eigenvalue weighted by atomic mass is 35.5. The van der Waals surface area contributed by atoms with Crippen LogP contribution >= 0.6 is 11.6 Å². The molecule has 2 heterocycles. The lowest BCUT2D eigenvalue weighted by molar-refractivity contribution is 0.0841. The number of nitrogens with one attached hydrogen (secondary N) is 3. The van der Waals surface area contributed by atoms with Crippen molar-refractivity contribution in [2.24, 2.45) is 0 Å². The third-order valence-electron chi connectivity index (χ3n) is 5.02. The fourth-order valence-electron chi connectivity index (χ4n) is 3.44. The number of hydrogen-bond acceptors (Lipinski definition) is 6. The van der Waals surface area contributed by atoms with Crippen LogP contribution in [-0.4, -0.2) is 45.0 Å². The molecule has 2 aromatic carbocycles. The average molecular weight is 507 g/mol. The molecule has 4 rings (SSSR count). The summed E-state index contributed by atoms with van der Waals surface area (Å²) in [5.41, 5.74) is 8.20. The molecule has 0 radical (unpaired) electrons. The van der Waals surface area contributed by atoms with Crippen molar-refractivity contribution >= 4 is 29.5 Å². The minimum atomic E-state index is -1.46. The van der Waals surface area contributed by atoms with E-state index >= 15 is 0 Å². The summed E-state index contributed by atoms with van der Waals surface area (Å²) in [6.07, 6.45) is 1.40. The molecule has 36 heavy (non-hydrogen) atoms. The minimum Gasteiger partial charge on any atom is -0.497 e. The van der Waals surface area contributed by atoms with Gasteiger partial charge in [0.25, 0.3) is 11.8 Å². The van der Waals surface area contributed by atoms with Crippen LogP contribution in [-0.2, 0) is 0 Å². The van der Waals surface area contributed by atoms with Crippen molar-refractivity contribution in [1.29, 1.82) is 0 Å². The number of rotatable bonds is 6. The first-order chi connectivity index (χ1) is 17.4. The molecule has 4 aromatic rings. The van der Waals surface area contributed by atoms with Gasteiger partial charge in [-0.05, 0) is 35.9 Å². The number of benzene rings is 2. The number of carbonyl (C=O) groups is 3. The van der Waals surface area contributed by atoms with E-state index in [1.165, 1.54) is 31.6 Å². The Morgan fingerprint density at radius 3 is 2.39 bits per heavy atom. The molecule has 0 spiro atoms. The van der Waals surface area contributed by atoms with Gasteiger partial charge in [0.15, 0.2) is 5.69 Å². The predicted molar refractivity (Wildman–Crippen MR) is 131 cm³/mol. The molecule has 0 fully saturated rings. The topological polar surface area (TPSA) is 147 Å². The van der Waals surface area contributed by atoms with Gasteiger partial charge in [-0.2, -0.15) is 9.89 Å². The smallest absolute Gasteiger partial charge is 0.425 e. The molecule has 0 aliphatic rings. The first-order valence-electron chi connectivity index (χ1n) is 10.4. The van der Waals surface area contributed by atoms with Crippen molar-refractivity contribution in [2.45, 2.75) is 0 Å². The average Bonchev–Trinajstić information content (AvgIpc) is 3.26. The third-order valence-corrected chi connectivity index (χ3v) is 5.35. The number of aromatic nitrogens is 3. The first-order valence-corrected chi connectivity index (χ1v) is 10.8. The van der Waals surface area contributed by atoms with E-state index < -0.39 is 17.9 Å². The number of carbonyl (C=O) groups excluding carboxylic acids is 2. The Bertz CT molecular complexity index is 1440. The number of amides is 3. The summed E-state index contributed by atoms with van der Waals surface area (Å²) in [7, 11) is 1.49. The molecule has 12 heteroatoms. The monoisotopic (exact) mass is 506 g/mol. The van der Waals surface area contributed by atoms with E-state index in [1.54, 1.807) is 48.5 Å². The lowest BCUT2D eigenvalue weighted by atomic mass is 9.98. The number of halogens is 1. The maximum Gasteiger partial charge on any atom is 0.425 e. The van der Waals surface area contributed by atoms with Gasteiger partial charge < -0.3 is 9.84 Å². The Balaban J connectivity index is 1.85. The molecule has 0 aliphatic carbocycles. The molecule has 0 saturated heterocycles. The molecule has 182 valence electrons. The second kappa shape index (κ2) is 10.6. The molecule has 0 aliphatic heterocycles. The number of pyridine rings is 1. The quantitative estimate of drug-likeness (QED) is 0.292. The largest absolute Gasteiger partial charge is 0.497 e. The van der Waals surface area contributed by atoms with Crippen molar-refractivity contribution in [3.63, 3.8) is 0 Å². The van der Waals surface area contributed by atoms with Crippen LogP contribution in [0.25, 0.3) is 22.4 Å². The van der Waals surface area contributed by atoms with Gasteiger partial charge in [0.05, 0.1) is 12.1 Å². The molecule has 4 N–H and O–H groups in total. The van der Waals surface area contributed by atoms with E-state index in [4.69, 9.17) is 16.3 Å². The standard InChI is InChI=1S/C24H19ClN6O5/c1-36-16-6-4-5-15(13-16)19-20(17-7-2-3-8-18(17)25)29-31(30-24(34)35)21(19)23(33)28-27-22(32)14-9-11-26-12-10-14/h2-13,30H,1H3,(H,27,32)(H,28,33)(H,34,35). The SMILES string of the molecule is COc1cccc(-c2c(-c3ccccc3Cl)nn(NC(=O)O)c2C(=O)NNC(=O)c2ccncc2)c1. The Kier molecular flexibility index (Phi) is 7.12. The zero-order chi connectivity index (χ0) is 25.7. The molecule has 2 aromatic heterocycles. The summed E-state index contributed by atoms with van der Waals surface area (Å²) in [5.74, 6) is -0.944. The Morgan fingerprint density at radius 1 is 0.972 bits per heavy atom. The molecule has 0 bridgehead atoms. The van der Waals surface area contributed by atoms with Crippen LogP contribution in [0.4, 0.5) is 4.79 Å². The highest BCUT2D eigenvalue weighted by Gasteiger charge is 2.28. The second-order valence-corrected chi connectivity index (χ2v) is 7.66. The van der Waals surface area contributed by atoms with Gasteiger partial charge >= 0.3 is 6.09 Å². The van der Waals surface area contributed by atoms with Crippen molar-refractivity contribution in [3.8, 4) is 28.1 Å². The summed E-state index contributed by atoms with van der Waals surface area (Å²) in [6, 6.07) is 16.5. The summed E-state index contributed by atoms with van der Waals surface area (Å²) < 4.78 is 5.32. The van der Waals surface area contributed by atoms with Crippen LogP contribution in [0.15, 0.2) is 73.1 Å². The van der Waals surface area contributed by atoms with Gasteiger partial charge in [-0.25, -0.2) is 10.2 Å². The third kappa shape index (κ3) is 5.10. The normalized spacial score (nSPS) is 10.4. The number of ether oxygens (including phenoxy) is 1. The van der Waals surface area contributed by atoms with Crippen LogP contribution in [0.1, 0.15) is 20.8 Å². The fraction of sp³-hybridized carbons (Fsp3) is 0.0417. The Morgan fingerprint density at radius 2 is 1.69 bits per heavy atom. The maximum absolute atomic E-state index is 13.4. The molecule has 0 saturated carbocycles. The highest BCUT2D eigenvalue weighted by Crippen LogP contribution is 2.38. The fourth-order valence-corrected chi connectivity index (χ4v) is 3.67. The number of methoxy groups -OCH3 is 1. The number of hydrazine groups is 1. The lowest BCUT2D eigenvalue weighted by Gasteiger charge is -2.12. The molecule has 0 unspecified atom stereocenters. The zero-order valence-corrected chi connectivity index (χ0v) is 19.5.